The SMILES string of the molecule is CCC(C)C(C(CC(=O)N1CCCC1C(OC)C(C)C(=O)NCCO)OC)N(C)C(=O)CNC(=O)C(NC)C(C)(C)O. The first-order valence-electron chi connectivity index (χ1n) is 14.9. The van der Waals surface area contributed by atoms with Gasteiger partial charge in [0.2, 0.25) is 23.6 Å². The Hall–Kier alpha value is -2.32. The Balaban J connectivity index is 3.05. The van der Waals surface area contributed by atoms with E-state index in [1.807, 2.05) is 13.8 Å². The molecule has 1 saturated heterocycles. The number of hydrogen-bond donors (Lipinski definition) is 5. The second kappa shape index (κ2) is 17.7. The van der Waals surface area contributed by atoms with E-state index < -0.39 is 41.7 Å². The maximum Gasteiger partial charge on any atom is 0.242 e. The van der Waals surface area contributed by atoms with E-state index >= 15 is 0 Å². The minimum Gasteiger partial charge on any atom is -0.395 e. The summed E-state index contributed by atoms with van der Waals surface area (Å²) in [5.74, 6) is -1.82. The van der Waals surface area contributed by atoms with Crippen molar-refractivity contribution < 1.29 is 38.9 Å². The van der Waals surface area contributed by atoms with Gasteiger partial charge in [0, 0.05) is 34.4 Å². The Morgan fingerprint density at radius 3 is 2.24 bits per heavy atom. The summed E-state index contributed by atoms with van der Waals surface area (Å²) in [6.45, 7) is 8.97. The average Bonchev–Trinajstić information content (AvgIpc) is 3.43. The van der Waals surface area contributed by atoms with Crippen LogP contribution in [0.4, 0.5) is 0 Å². The third-order valence-corrected chi connectivity index (χ3v) is 8.39. The van der Waals surface area contributed by atoms with Gasteiger partial charge in [-0.1, -0.05) is 27.2 Å². The summed E-state index contributed by atoms with van der Waals surface area (Å²) in [5.41, 5.74) is -1.33. The third kappa shape index (κ3) is 10.1. The maximum absolute atomic E-state index is 13.7. The lowest BCUT2D eigenvalue weighted by Crippen LogP contribution is -2.57. The highest BCUT2D eigenvalue weighted by Gasteiger charge is 2.42. The number of aliphatic hydroxyl groups is 2. The normalized spacial score (nSPS) is 19.8. The number of methoxy groups -OCH3 is 2. The second-order valence-corrected chi connectivity index (χ2v) is 11.8. The van der Waals surface area contributed by atoms with Gasteiger partial charge in [-0.3, -0.25) is 19.2 Å². The predicted octanol–water partition coefficient (Wildman–Crippen LogP) is -0.510. The molecular weight excluding hydrogens is 546 g/mol. The molecule has 0 aromatic rings. The molecule has 0 spiro atoms. The number of amides is 4. The van der Waals surface area contributed by atoms with Crippen molar-refractivity contribution in [3.63, 3.8) is 0 Å². The molecule has 244 valence electrons. The summed E-state index contributed by atoms with van der Waals surface area (Å²) < 4.78 is 11.5. The molecule has 0 saturated carbocycles. The van der Waals surface area contributed by atoms with Crippen LogP contribution in [0.5, 0.6) is 0 Å². The Bertz CT molecular complexity index is 883. The van der Waals surface area contributed by atoms with Crippen molar-refractivity contribution in [2.24, 2.45) is 11.8 Å². The maximum atomic E-state index is 13.7. The van der Waals surface area contributed by atoms with Crippen molar-refractivity contribution in [2.45, 2.75) is 96.2 Å². The quantitative estimate of drug-likeness (QED) is 0.139. The van der Waals surface area contributed by atoms with Crippen molar-refractivity contribution in [1.29, 1.82) is 0 Å². The van der Waals surface area contributed by atoms with E-state index in [1.165, 1.54) is 33.0 Å². The molecule has 1 heterocycles. The van der Waals surface area contributed by atoms with Gasteiger partial charge in [0.05, 0.1) is 55.4 Å². The van der Waals surface area contributed by atoms with Crippen LogP contribution in [0.15, 0.2) is 0 Å². The van der Waals surface area contributed by atoms with Gasteiger partial charge in [-0.15, -0.1) is 0 Å². The average molecular weight is 602 g/mol. The van der Waals surface area contributed by atoms with Gasteiger partial charge in [0.25, 0.3) is 0 Å². The first-order valence-corrected chi connectivity index (χ1v) is 14.9. The van der Waals surface area contributed by atoms with Crippen molar-refractivity contribution >= 4 is 23.6 Å². The molecule has 1 fully saturated rings. The molecule has 1 aliphatic rings. The number of aliphatic hydroxyl groups excluding tert-OH is 1. The molecule has 4 amide bonds. The number of nitrogens with one attached hydrogen (secondary N) is 3. The Morgan fingerprint density at radius 1 is 1.10 bits per heavy atom. The van der Waals surface area contributed by atoms with Gasteiger partial charge in [-0.2, -0.15) is 0 Å². The molecule has 0 aromatic carbocycles. The second-order valence-electron chi connectivity index (χ2n) is 11.8. The highest BCUT2D eigenvalue weighted by molar-refractivity contribution is 5.88. The smallest absolute Gasteiger partial charge is 0.242 e. The van der Waals surface area contributed by atoms with Crippen LogP contribution < -0.4 is 16.0 Å². The lowest BCUT2D eigenvalue weighted by molar-refractivity contribution is -0.146. The van der Waals surface area contributed by atoms with E-state index in [0.717, 1.165) is 12.8 Å². The van der Waals surface area contributed by atoms with Gasteiger partial charge in [-0.25, -0.2) is 0 Å². The van der Waals surface area contributed by atoms with Crippen LogP contribution >= 0.6 is 0 Å². The zero-order chi connectivity index (χ0) is 32.2. The zero-order valence-electron chi connectivity index (χ0n) is 26.9. The molecule has 13 heteroatoms. The summed E-state index contributed by atoms with van der Waals surface area (Å²) in [7, 11) is 6.24. The van der Waals surface area contributed by atoms with Crippen molar-refractivity contribution in [2.75, 3.05) is 54.6 Å². The summed E-state index contributed by atoms with van der Waals surface area (Å²) in [5, 5.41) is 27.3. The van der Waals surface area contributed by atoms with E-state index in [9.17, 15) is 24.3 Å². The van der Waals surface area contributed by atoms with Gasteiger partial charge >= 0.3 is 0 Å². The molecule has 0 aliphatic carbocycles. The minimum atomic E-state index is -1.33. The Labute approximate surface area is 251 Å². The van der Waals surface area contributed by atoms with Gasteiger partial charge < -0.3 is 45.4 Å². The van der Waals surface area contributed by atoms with Crippen LogP contribution in [0.3, 0.4) is 0 Å². The van der Waals surface area contributed by atoms with Crippen LogP contribution in [-0.4, -0.2) is 134 Å². The Kier molecular flexibility index (Phi) is 15.9. The van der Waals surface area contributed by atoms with Gasteiger partial charge in [-0.05, 0) is 39.7 Å². The van der Waals surface area contributed by atoms with Crippen LogP contribution in [0, 0.1) is 11.8 Å². The number of rotatable bonds is 18. The van der Waals surface area contributed by atoms with Gasteiger partial charge in [0.15, 0.2) is 0 Å². The molecule has 0 aromatic heterocycles. The van der Waals surface area contributed by atoms with Crippen LogP contribution in [0.25, 0.3) is 0 Å². The number of likely N-dealkylation sites (tertiary alicyclic amines) is 1. The monoisotopic (exact) mass is 601 g/mol. The standard InChI is InChI=1S/C29H55N5O8/c1-10-18(2)24(33(7)23(37)17-32-28(39)26(30-6)29(4,5)40)21(41-8)16-22(36)34-14-11-12-20(34)25(42-9)19(3)27(38)31-13-15-35/h18-21,24-26,30,35,40H,10-17H2,1-9H3,(H,31,38)(H,32,39). The molecule has 1 aliphatic heterocycles. The summed E-state index contributed by atoms with van der Waals surface area (Å²) in [6.07, 6.45) is 1.05. The molecule has 42 heavy (non-hydrogen) atoms. The minimum absolute atomic E-state index is 0.0219. The molecule has 5 N–H and O–H groups in total. The fourth-order valence-corrected chi connectivity index (χ4v) is 5.86. The molecule has 0 bridgehead atoms. The number of carbonyl (C=O) groups excluding carboxylic acids is 4. The number of hydrogen-bond acceptors (Lipinski definition) is 9. The largest absolute Gasteiger partial charge is 0.395 e. The van der Waals surface area contributed by atoms with Crippen LogP contribution in [-0.2, 0) is 28.7 Å². The topological polar surface area (TPSA) is 170 Å². The zero-order valence-corrected chi connectivity index (χ0v) is 26.9. The molecule has 0 radical (unpaired) electrons. The first kappa shape index (κ1) is 37.7. The first-order chi connectivity index (χ1) is 19.7. The van der Waals surface area contributed by atoms with E-state index in [-0.39, 0.29) is 55.8 Å². The fourth-order valence-electron chi connectivity index (χ4n) is 5.86. The van der Waals surface area contributed by atoms with Crippen molar-refractivity contribution in [3.8, 4) is 0 Å². The molecular formula is C29H55N5O8. The predicted molar refractivity (Wildman–Crippen MR) is 158 cm³/mol. The van der Waals surface area contributed by atoms with E-state index in [0.29, 0.717) is 13.0 Å². The van der Waals surface area contributed by atoms with Gasteiger partial charge in [0.1, 0.15) is 6.04 Å². The number of ether oxygens (including phenoxy) is 2. The molecule has 7 unspecified atom stereocenters. The Morgan fingerprint density at radius 2 is 1.74 bits per heavy atom. The third-order valence-electron chi connectivity index (χ3n) is 8.39. The summed E-state index contributed by atoms with van der Waals surface area (Å²) in [4.78, 5) is 55.4. The highest BCUT2D eigenvalue weighted by Crippen LogP contribution is 2.29. The van der Waals surface area contributed by atoms with Crippen LogP contribution in [0.2, 0.25) is 0 Å². The number of carbonyl (C=O) groups is 4. The van der Waals surface area contributed by atoms with Crippen molar-refractivity contribution in [3.05, 3.63) is 0 Å². The highest BCUT2D eigenvalue weighted by atomic mass is 16.5. The summed E-state index contributed by atoms with van der Waals surface area (Å²) >= 11 is 0. The fraction of sp³-hybridized carbons (Fsp3) is 0.862. The lowest BCUT2D eigenvalue weighted by Gasteiger charge is -2.39. The molecule has 7 atom stereocenters. The molecule has 1 rings (SSSR count). The van der Waals surface area contributed by atoms with Crippen molar-refractivity contribution in [1.82, 2.24) is 25.8 Å². The summed E-state index contributed by atoms with van der Waals surface area (Å²) in [6, 6.07) is -1.66. The lowest BCUT2D eigenvalue weighted by atomic mass is 9.90. The molecule has 13 nitrogen and oxygen atoms in total. The number of nitrogens with zero attached hydrogens (tertiary/aromatic N) is 2. The van der Waals surface area contributed by atoms with Crippen LogP contribution in [0.1, 0.15) is 60.3 Å². The van der Waals surface area contributed by atoms with E-state index in [4.69, 9.17) is 14.6 Å². The number of likely N-dealkylation sites (N-methyl/N-ethyl adjacent to an activating group) is 2. The van der Waals surface area contributed by atoms with E-state index in [1.54, 1.807) is 25.9 Å². The van der Waals surface area contributed by atoms with E-state index in [2.05, 4.69) is 16.0 Å².